The standard InChI is InChI=1S/C30H28N8S/c1-16(2)23-7-8-24(39-23)21-9-10-32-28-25(21)35-29(36-28)26-22-12-19(14-33-27(22)38-37-26)18-11-20(15-31-13-18)34-17(3)30(4,5)6/h7-15,34H,1,3H2,2,4-6H3,(H,32,35,36)(H,33,37,38). The number of rotatable bonds is 6. The van der Waals surface area contributed by atoms with Crippen LogP contribution in [0, 0.1) is 5.41 Å². The molecule has 0 bridgehead atoms. The predicted octanol–water partition coefficient (Wildman–Crippen LogP) is 7.69. The predicted molar refractivity (Wildman–Crippen MR) is 160 cm³/mol. The molecule has 6 aromatic rings. The average Bonchev–Trinajstić information content (AvgIpc) is 3.65. The molecule has 0 aliphatic rings. The van der Waals surface area contributed by atoms with Gasteiger partial charge in [-0.25, -0.2) is 15.0 Å². The van der Waals surface area contributed by atoms with Crippen LogP contribution in [0.1, 0.15) is 32.6 Å². The fraction of sp³-hybridized carbons (Fsp3) is 0.167. The molecule has 0 unspecified atom stereocenters. The highest BCUT2D eigenvalue weighted by Crippen LogP contribution is 2.36. The molecule has 6 rings (SSSR count). The van der Waals surface area contributed by atoms with Crippen LogP contribution in [0.3, 0.4) is 0 Å². The van der Waals surface area contributed by atoms with E-state index in [0.29, 0.717) is 17.1 Å². The van der Waals surface area contributed by atoms with Crippen LogP contribution < -0.4 is 5.32 Å². The number of nitrogens with zero attached hydrogens (tertiary/aromatic N) is 5. The summed E-state index contributed by atoms with van der Waals surface area (Å²) in [6.45, 7) is 16.6. The number of imidazole rings is 1. The number of H-pyrrole nitrogens is 2. The molecule has 3 N–H and O–H groups in total. The molecular weight excluding hydrogens is 504 g/mol. The van der Waals surface area contributed by atoms with Crippen LogP contribution in [-0.2, 0) is 0 Å². The molecule has 0 atom stereocenters. The van der Waals surface area contributed by atoms with Crippen LogP contribution in [-0.4, -0.2) is 35.1 Å². The third-order valence-electron chi connectivity index (χ3n) is 6.60. The van der Waals surface area contributed by atoms with Crippen molar-refractivity contribution in [3.05, 3.63) is 78.9 Å². The van der Waals surface area contributed by atoms with Gasteiger partial charge in [-0.2, -0.15) is 5.10 Å². The maximum atomic E-state index is 4.79. The number of allylic oxidation sites excluding steroid dienone is 2. The smallest absolute Gasteiger partial charge is 0.181 e. The summed E-state index contributed by atoms with van der Waals surface area (Å²) in [7, 11) is 0. The normalized spacial score (nSPS) is 11.8. The Morgan fingerprint density at radius 1 is 0.974 bits per heavy atom. The highest BCUT2D eigenvalue weighted by Gasteiger charge is 2.18. The summed E-state index contributed by atoms with van der Waals surface area (Å²) in [5, 5.41) is 11.8. The zero-order valence-corrected chi connectivity index (χ0v) is 23.1. The van der Waals surface area contributed by atoms with Gasteiger partial charge in [0.15, 0.2) is 17.1 Å². The van der Waals surface area contributed by atoms with Gasteiger partial charge >= 0.3 is 0 Å². The van der Waals surface area contributed by atoms with E-state index in [-0.39, 0.29) is 5.41 Å². The van der Waals surface area contributed by atoms with E-state index < -0.39 is 0 Å². The van der Waals surface area contributed by atoms with Crippen molar-refractivity contribution in [2.45, 2.75) is 27.7 Å². The van der Waals surface area contributed by atoms with Crippen molar-refractivity contribution >= 4 is 44.8 Å². The zero-order valence-electron chi connectivity index (χ0n) is 22.3. The minimum atomic E-state index is -0.0696. The Kier molecular flexibility index (Phi) is 5.88. The van der Waals surface area contributed by atoms with Crippen LogP contribution in [0.15, 0.2) is 74.0 Å². The van der Waals surface area contributed by atoms with E-state index in [1.807, 2.05) is 25.3 Å². The molecule has 6 aromatic heterocycles. The first kappa shape index (κ1) is 24.7. The zero-order chi connectivity index (χ0) is 27.3. The van der Waals surface area contributed by atoms with Gasteiger partial charge in [0.25, 0.3) is 0 Å². The van der Waals surface area contributed by atoms with Gasteiger partial charge in [-0.1, -0.05) is 33.9 Å². The molecule has 0 aliphatic carbocycles. The number of nitrogens with one attached hydrogen (secondary N) is 3. The molecule has 6 heterocycles. The minimum Gasteiger partial charge on any atom is -0.358 e. The Bertz CT molecular complexity index is 1880. The molecule has 9 heteroatoms. The molecule has 0 saturated heterocycles. The van der Waals surface area contributed by atoms with Crippen LogP contribution >= 0.6 is 11.3 Å². The number of pyridine rings is 3. The topological polar surface area (TPSA) is 108 Å². The largest absolute Gasteiger partial charge is 0.358 e. The molecule has 0 radical (unpaired) electrons. The summed E-state index contributed by atoms with van der Waals surface area (Å²) >= 11 is 1.70. The lowest BCUT2D eigenvalue weighted by Gasteiger charge is -2.23. The number of hydrogen-bond donors (Lipinski definition) is 3. The fourth-order valence-electron chi connectivity index (χ4n) is 4.21. The van der Waals surface area contributed by atoms with Gasteiger partial charge in [-0.3, -0.25) is 10.1 Å². The molecule has 0 spiro atoms. The second-order valence-electron chi connectivity index (χ2n) is 10.6. The van der Waals surface area contributed by atoms with E-state index >= 15 is 0 Å². The first-order valence-electron chi connectivity index (χ1n) is 12.5. The second kappa shape index (κ2) is 9.28. The molecule has 8 nitrogen and oxygen atoms in total. The quantitative estimate of drug-likeness (QED) is 0.203. The summed E-state index contributed by atoms with van der Waals surface area (Å²) in [6, 6.07) is 10.3. The van der Waals surface area contributed by atoms with E-state index in [1.165, 1.54) is 0 Å². The van der Waals surface area contributed by atoms with Gasteiger partial charge in [0.1, 0.15) is 5.69 Å². The molecule has 0 saturated carbocycles. The van der Waals surface area contributed by atoms with E-state index in [2.05, 4.69) is 87.6 Å². The van der Waals surface area contributed by atoms with Crippen LogP contribution in [0.25, 0.3) is 60.9 Å². The van der Waals surface area contributed by atoms with Gasteiger partial charge in [-0.15, -0.1) is 11.3 Å². The van der Waals surface area contributed by atoms with Crippen LogP contribution in [0.4, 0.5) is 5.69 Å². The molecule has 0 fully saturated rings. The van der Waals surface area contributed by atoms with Crippen molar-refractivity contribution in [2.75, 3.05) is 5.32 Å². The third-order valence-corrected chi connectivity index (χ3v) is 7.88. The second-order valence-corrected chi connectivity index (χ2v) is 11.7. The Morgan fingerprint density at radius 2 is 1.79 bits per heavy atom. The van der Waals surface area contributed by atoms with Crippen molar-refractivity contribution in [2.24, 2.45) is 5.41 Å². The number of hydrogen-bond acceptors (Lipinski definition) is 7. The highest BCUT2D eigenvalue weighted by molar-refractivity contribution is 7.16. The maximum absolute atomic E-state index is 4.79. The van der Waals surface area contributed by atoms with Gasteiger partial charge in [0.05, 0.1) is 22.8 Å². The number of fused-ring (bicyclic) bond motifs is 2. The van der Waals surface area contributed by atoms with Crippen molar-refractivity contribution in [1.29, 1.82) is 0 Å². The van der Waals surface area contributed by atoms with Crippen molar-refractivity contribution < 1.29 is 0 Å². The first-order chi connectivity index (χ1) is 18.7. The molecule has 0 aliphatic heterocycles. The maximum Gasteiger partial charge on any atom is 0.181 e. The van der Waals surface area contributed by atoms with Crippen molar-refractivity contribution in [1.82, 2.24) is 35.1 Å². The first-order valence-corrected chi connectivity index (χ1v) is 13.4. The van der Waals surface area contributed by atoms with Crippen molar-refractivity contribution in [3.8, 4) is 33.1 Å². The van der Waals surface area contributed by atoms with Crippen LogP contribution in [0.2, 0.25) is 0 Å². The fourth-order valence-corrected chi connectivity index (χ4v) is 5.18. The third kappa shape index (κ3) is 4.61. The monoisotopic (exact) mass is 532 g/mol. The van der Waals surface area contributed by atoms with E-state index in [4.69, 9.17) is 4.98 Å². The summed E-state index contributed by atoms with van der Waals surface area (Å²) in [5.74, 6) is 0.651. The van der Waals surface area contributed by atoms with Gasteiger partial charge < -0.3 is 10.3 Å². The lowest BCUT2D eigenvalue weighted by Crippen LogP contribution is -2.15. The van der Waals surface area contributed by atoms with E-state index in [9.17, 15) is 0 Å². The van der Waals surface area contributed by atoms with Gasteiger partial charge in [-0.05, 0) is 42.8 Å². The van der Waals surface area contributed by atoms with Gasteiger partial charge in [0, 0.05) is 56.1 Å². The Hall–Kier alpha value is -4.63. The molecule has 0 aromatic carbocycles. The Morgan fingerprint density at radius 3 is 2.56 bits per heavy atom. The number of aromatic nitrogens is 7. The summed E-state index contributed by atoms with van der Waals surface area (Å²) < 4.78 is 0. The van der Waals surface area contributed by atoms with E-state index in [0.717, 1.165) is 60.0 Å². The lowest BCUT2D eigenvalue weighted by atomic mass is 9.93. The minimum absolute atomic E-state index is 0.0696. The average molecular weight is 533 g/mol. The van der Waals surface area contributed by atoms with E-state index in [1.54, 1.807) is 29.9 Å². The Balaban J connectivity index is 1.39. The summed E-state index contributed by atoms with van der Waals surface area (Å²) in [6.07, 6.45) is 7.21. The highest BCUT2D eigenvalue weighted by atomic mass is 32.1. The molecule has 0 amide bonds. The molecule has 39 heavy (non-hydrogen) atoms. The number of aromatic amines is 2. The van der Waals surface area contributed by atoms with Crippen LogP contribution in [0.5, 0.6) is 0 Å². The SMILES string of the molecule is C=C(C)c1ccc(-c2ccnc3nc(-c4[nH]nc5ncc(-c6cncc(NC(=C)C(C)(C)C)c6)cc45)[nH]c23)s1. The molecular formula is C30H28N8S. The van der Waals surface area contributed by atoms with Gasteiger partial charge in [0.2, 0.25) is 0 Å². The summed E-state index contributed by atoms with van der Waals surface area (Å²) in [4.78, 5) is 24.1. The Labute approximate surface area is 230 Å². The lowest BCUT2D eigenvalue weighted by molar-refractivity contribution is 0.509. The molecule has 194 valence electrons. The summed E-state index contributed by atoms with van der Waals surface area (Å²) in [5.41, 5.74) is 8.54. The number of thiophene rings is 1. The van der Waals surface area contributed by atoms with Crippen molar-refractivity contribution in [3.63, 3.8) is 0 Å². The number of anilines is 1.